The Balaban J connectivity index is 1.31. The number of amides is 2. The van der Waals surface area contributed by atoms with Crippen molar-refractivity contribution in [3.63, 3.8) is 0 Å². The number of carbonyl (C=O) groups is 1. The first-order valence-electron chi connectivity index (χ1n) is 11.4. The Hall–Kier alpha value is -3.23. The molecule has 1 saturated heterocycles. The van der Waals surface area contributed by atoms with Gasteiger partial charge in [0.05, 0.1) is 6.54 Å². The summed E-state index contributed by atoms with van der Waals surface area (Å²) in [5.41, 5.74) is 6.06. The van der Waals surface area contributed by atoms with Crippen molar-refractivity contribution in [1.82, 2.24) is 24.3 Å². The molecule has 7 nitrogen and oxygen atoms in total. The van der Waals surface area contributed by atoms with Crippen LogP contribution in [0.1, 0.15) is 17.0 Å². The number of nitrogens with zero attached hydrogens (tertiary/aromatic N) is 5. The Kier molecular flexibility index (Phi) is 6.34. The number of piperazine rings is 1. The third-order valence-electron chi connectivity index (χ3n) is 6.05. The first kappa shape index (κ1) is 22.6. The molecule has 0 radical (unpaired) electrons. The van der Waals surface area contributed by atoms with Gasteiger partial charge in [-0.1, -0.05) is 28.1 Å². The molecular weight excluding hydrogens is 492 g/mol. The molecule has 0 saturated carbocycles. The molecule has 2 aromatic carbocycles. The molecule has 3 heterocycles. The first-order chi connectivity index (χ1) is 16.5. The van der Waals surface area contributed by atoms with E-state index in [1.807, 2.05) is 47.5 Å². The van der Waals surface area contributed by atoms with E-state index in [4.69, 9.17) is 4.98 Å². The zero-order valence-electron chi connectivity index (χ0n) is 19.3. The lowest BCUT2D eigenvalue weighted by Crippen LogP contribution is -2.49. The first-order valence-corrected chi connectivity index (χ1v) is 12.2. The third-order valence-corrected chi connectivity index (χ3v) is 6.54. The number of aromatic nitrogens is 3. The average molecular weight is 519 g/mol. The van der Waals surface area contributed by atoms with Crippen LogP contribution in [0.5, 0.6) is 0 Å². The molecule has 4 aromatic rings. The fraction of sp³-hybridized carbons (Fsp3) is 0.269. The van der Waals surface area contributed by atoms with E-state index in [0.29, 0.717) is 19.6 Å². The van der Waals surface area contributed by atoms with Crippen LogP contribution in [0.2, 0.25) is 0 Å². The molecule has 1 fully saturated rings. The van der Waals surface area contributed by atoms with Gasteiger partial charge in [0.15, 0.2) is 5.65 Å². The lowest BCUT2D eigenvalue weighted by molar-refractivity contribution is 0.140. The van der Waals surface area contributed by atoms with Crippen LogP contribution < -0.4 is 5.32 Å². The largest absolute Gasteiger partial charge is 0.322 e. The van der Waals surface area contributed by atoms with Crippen molar-refractivity contribution >= 4 is 38.8 Å². The minimum atomic E-state index is -0.0653. The summed E-state index contributed by atoms with van der Waals surface area (Å²) in [4.78, 5) is 26.5. The summed E-state index contributed by atoms with van der Waals surface area (Å²) in [6, 6.07) is 18.0. The summed E-state index contributed by atoms with van der Waals surface area (Å²) >= 11 is 3.45. The van der Waals surface area contributed by atoms with Crippen molar-refractivity contribution in [2.24, 2.45) is 0 Å². The van der Waals surface area contributed by atoms with E-state index < -0.39 is 0 Å². The topological polar surface area (TPSA) is 66.3 Å². The molecule has 0 spiro atoms. The zero-order valence-corrected chi connectivity index (χ0v) is 20.9. The maximum absolute atomic E-state index is 12.7. The normalized spacial score (nSPS) is 14.5. The maximum atomic E-state index is 12.7. The van der Waals surface area contributed by atoms with E-state index in [1.165, 1.54) is 11.1 Å². The van der Waals surface area contributed by atoms with Crippen molar-refractivity contribution in [3.05, 3.63) is 82.2 Å². The minimum Gasteiger partial charge on any atom is -0.322 e. The number of rotatable bonds is 4. The SMILES string of the molecule is Cc1cc(C)cc(-n2c(CN3CCN(C(=O)Nc4cccc(Br)c4)CC3)nc3cccnc32)c1. The molecule has 2 amide bonds. The Labute approximate surface area is 207 Å². The van der Waals surface area contributed by atoms with Crippen LogP contribution in [0.25, 0.3) is 16.9 Å². The van der Waals surface area contributed by atoms with Crippen LogP contribution in [-0.2, 0) is 6.54 Å². The summed E-state index contributed by atoms with van der Waals surface area (Å²) in [6.45, 7) is 7.83. The van der Waals surface area contributed by atoms with Gasteiger partial charge in [-0.2, -0.15) is 0 Å². The number of nitrogens with one attached hydrogen (secondary N) is 1. The number of carbonyl (C=O) groups excluding carboxylic acids is 1. The van der Waals surface area contributed by atoms with Crippen molar-refractivity contribution in [1.29, 1.82) is 0 Å². The second-order valence-electron chi connectivity index (χ2n) is 8.76. The van der Waals surface area contributed by atoms with Gasteiger partial charge in [0, 0.05) is 48.2 Å². The fourth-order valence-corrected chi connectivity index (χ4v) is 4.89. The second kappa shape index (κ2) is 9.56. The lowest BCUT2D eigenvalue weighted by atomic mass is 10.1. The fourth-order valence-electron chi connectivity index (χ4n) is 4.49. The monoisotopic (exact) mass is 518 g/mol. The highest BCUT2D eigenvalue weighted by Crippen LogP contribution is 2.23. The predicted octanol–water partition coefficient (Wildman–Crippen LogP) is 5.15. The molecule has 0 aliphatic carbocycles. The Bertz CT molecular complexity index is 1320. The number of hydrogen-bond acceptors (Lipinski definition) is 4. The quantitative estimate of drug-likeness (QED) is 0.405. The summed E-state index contributed by atoms with van der Waals surface area (Å²) < 4.78 is 3.11. The molecular formula is C26H27BrN6O. The van der Waals surface area contributed by atoms with Gasteiger partial charge in [0.25, 0.3) is 0 Å². The molecule has 174 valence electrons. The second-order valence-corrected chi connectivity index (χ2v) is 9.67. The van der Waals surface area contributed by atoms with Crippen molar-refractivity contribution in [2.75, 3.05) is 31.5 Å². The summed E-state index contributed by atoms with van der Waals surface area (Å²) in [5.74, 6) is 0.964. The van der Waals surface area contributed by atoms with Gasteiger partial charge < -0.3 is 10.2 Å². The van der Waals surface area contributed by atoms with Gasteiger partial charge in [-0.25, -0.2) is 14.8 Å². The number of halogens is 1. The minimum absolute atomic E-state index is 0.0653. The van der Waals surface area contributed by atoms with E-state index in [-0.39, 0.29) is 6.03 Å². The molecule has 1 N–H and O–H groups in total. The van der Waals surface area contributed by atoms with Gasteiger partial charge in [0.1, 0.15) is 11.3 Å². The number of benzene rings is 2. The molecule has 0 bridgehead atoms. The van der Waals surface area contributed by atoms with Crippen LogP contribution >= 0.6 is 15.9 Å². The number of urea groups is 1. The molecule has 2 aromatic heterocycles. The van der Waals surface area contributed by atoms with Crippen LogP contribution in [-0.4, -0.2) is 56.5 Å². The Morgan fingerprint density at radius 2 is 1.76 bits per heavy atom. The van der Waals surface area contributed by atoms with E-state index in [9.17, 15) is 4.79 Å². The van der Waals surface area contributed by atoms with Gasteiger partial charge in [0.2, 0.25) is 0 Å². The highest BCUT2D eigenvalue weighted by molar-refractivity contribution is 9.10. The van der Waals surface area contributed by atoms with Crippen molar-refractivity contribution < 1.29 is 4.79 Å². The van der Waals surface area contributed by atoms with Crippen LogP contribution in [0.4, 0.5) is 10.5 Å². The average Bonchev–Trinajstić information content (AvgIpc) is 3.16. The number of anilines is 1. The highest BCUT2D eigenvalue weighted by atomic mass is 79.9. The van der Waals surface area contributed by atoms with E-state index in [1.54, 1.807) is 0 Å². The number of pyridine rings is 1. The van der Waals surface area contributed by atoms with Crippen LogP contribution in [0.3, 0.4) is 0 Å². The molecule has 0 unspecified atom stereocenters. The maximum Gasteiger partial charge on any atom is 0.321 e. The van der Waals surface area contributed by atoms with E-state index >= 15 is 0 Å². The molecule has 34 heavy (non-hydrogen) atoms. The van der Waals surface area contributed by atoms with Gasteiger partial charge >= 0.3 is 6.03 Å². The molecule has 8 heteroatoms. The van der Waals surface area contributed by atoms with E-state index in [2.05, 4.69) is 67.7 Å². The predicted molar refractivity (Wildman–Crippen MR) is 138 cm³/mol. The lowest BCUT2D eigenvalue weighted by Gasteiger charge is -2.34. The summed E-state index contributed by atoms with van der Waals surface area (Å²) in [7, 11) is 0. The number of hydrogen-bond donors (Lipinski definition) is 1. The third kappa shape index (κ3) is 4.83. The van der Waals surface area contributed by atoms with Gasteiger partial charge in [-0.05, 0) is 67.4 Å². The van der Waals surface area contributed by atoms with Gasteiger partial charge in [-0.15, -0.1) is 0 Å². The molecule has 5 rings (SSSR count). The van der Waals surface area contributed by atoms with E-state index in [0.717, 1.165) is 45.9 Å². The Morgan fingerprint density at radius 3 is 2.50 bits per heavy atom. The van der Waals surface area contributed by atoms with Gasteiger partial charge in [-0.3, -0.25) is 9.47 Å². The molecule has 1 aliphatic rings. The summed E-state index contributed by atoms with van der Waals surface area (Å²) in [5, 5.41) is 2.99. The summed E-state index contributed by atoms with van der Waals surface area (Å²) in [6.07, 6.45) is 1.82. The van der Waals surface area contributed by atoms with Crippen LogP contribution in [0, 0.1) is 13.8 Å². The van der Waals surface area contributed by atoms with Crippen LogP contribution in [0.15, 0.2) is 65.3 Å². The standard InChI is InChI=1S/C26H27BrN6O/c1-18-13-19(2)15-22(14-18)33-24(30-23-7-4-8-28-25(23)33)17-31-9-11-32(12-10-31)26(34)29-21-6-3-5-20(27)16-21/h3-8,13-16H,9-12,17H2,1-2H3,(H,29,34). The van der Waals surface area contributed by atoms with Crippen molar-refractivity contribution in [3.8, 4) is 5.69 Å². The Morgan fingerprint density at radius 1 is 1.00 bits per heavy atom. The number of aryl methyl sites for hydroxylation is 2. The van der Waals surface area contributed by atoms with Crippen molar-refractivity contribution in [2.45, 2.75) is 20.4 Å². The zero-order chi connectivity index (χ0) is 23.7. The smallest absolute Gasteiger partial charge is 0.321 e. The number of imidazole rings is 1. The highest BCUT2D eigenvalue weighted by Gasteiger charge is 2.23. The molecule has 0 atom stereocenters. The number of fused-ring (bicyclic) bond motifs is 1. The molecule has 1 aliphatic heterocycles.